The SMILES string of the molecule is COc1cc(C(C)=O)ccc1OCC(=O)NCc1ccc(Cn2cncn2)cc1. The Hall–Kier alpha value is -3.68. The van der Waals surface area contributed by atoms with E-state index in [0.717, 1.165) is 11.1 Å². The first-order valence-electron chi connectivity index (χ1n) is 9.04. The molecule has 1 amide bonds. The molecular formula is C21H22N4O4. The lowest BCUT2D eigenvalue weighted by Crippen LogP contribution is -2.28. The van der Waals surface area contributed by atoms with Crippen molar-refractivity contribution in [2.24, 2.45) is 0 Å². The summed E-state index contributed by atoms with van der Waals surface area (Å²) in [5.41, 5.74) is 2.59. The maximum atomic E-state index is 12.1. The fourth-order valence-electron chi connectivity index (χ4n) is 2.66. The van der Waals surface area contributed by atoms with Gasteiger partial charge in [0.25, 0.3) is 5.91 Å². The van der Waals surface area contributed by atoms with Crippen molar-refractivity contribution in [2.75, 3.05) is 13.7 Å². The summed E-state index contributed by atoms with van der Waals surface area (Å²) in [6.45, 7) is 2.36. The molecule has 0 atom stereocenters. The highest BCUT2D eigenvalue weighted by Gasteiger charge is 2.10. The molecule has 0 aliphatic heterocycles. The number of nitrogens with one attached hydrogen (secondary N) is 1. The largest absolute Gasteiger partial charge is 0.493 e. The van der Waals surface area contributed by atoms with Crippen LogP contribution in [0.3, 0.4) is 0 Å². The van der Waals surface area contributed by atoms with Gasteiger partial charge in [0, 0.05) is 12.1 Å². The molecule has 0 aliphatic rings. The van der Waals surface area contributed by atoms with E-state index in [1.165, 1.54) is 20.4 Å². The highest BCUT2D eigenvalue weighted by molar-refractivity contribution is 5.94. The van der Waals surface area contributed by atoms with Crippen LogP contribution in [0.15, 0.2) is 55.1 Å². The van der Waals surface area contributed by atoms with Gasteiger partial charge in [0.15, 0.2) is 23.9 Å². The minimum Gasteiger partial charge on any atom is -0.493 e. The van der Waals surface area contributed by atoms with Gasteiger partial charge in [0.2, 0.25) is 0 Å². The second-order valence-corrected chi connectivity index (χ2v) is 6.40. The lowest BCUT2D eigenvalue weighted by molar-refractivity contribution is -0.123. The number of methoxy groups -OCH3 is 1. The van der Waals surface area contributed by atoms with Crippen LogP contribution in [0.2, 0.25) is 0 Å². The van der Waals surface area contributed by atoms with Gasteiger partial charge >= 0.3 is 0 Å². The molecule has 0 bridgehead atoms. The second kappa shape index (κ2) is 9.50. The zero-order chi connectivity index (χ0) is 20.6. The number of nitrogens with zero attached hydrogens (tertiary/aromatic N) is 3. The number of carbonyl (C=O) groups excluding carboxylic acids is 2. The van der Waals surface area contributed by atoms with E-state index in [2.05, 4.69) is 15.4 Å². The summed E-state index contributed by atoms with van der Waals surface area (Å²) in [7, 11) is 1.48. The third-order valence-corrected chi connectivity index (χ3v) is 4.25. The average Bonchev–Trinajstić information content (AvgIpc) is 3.24. The molecule has 0 fully saturated rings. The van der Waals surface area contributed by atoms with Crippen LogP contribution in [0.4, 0.5) is 0 Å². The highest BCUT2D eigenvalue weighted by atomic mass is 16.5. The molecule has 0 spiro atoms. The van der Waals surface area contributed by atoms with Crippen molar-refractivity contribution in [2.45, 2.75) is 20.0 Å². The Labute approximate surface area is 168 Å². The first kappa shape index (κ1) is 20.1. The minimum absolute atomic E-state index is 0.0695. The number of hydrogen-bond donors (Lipinski definition) is 1. The Morgan fingerprint density at radius 1 is 1.07 bits per heavy atom. The van der Waals surface area contributed by atoms with Crippen molar-refractivity contribution in [1.82, 2.24) is 20.1 Å². The third kappa shape index (κ3) is 5.65. The van der Waals surface area contributed by atoms with Gasteiger partial charge in [-0.15, -0.1) is 0 Å². The summed E-state index contributed by atoms with van der Waals surface area (Å²) in [5.74, 6) is 0.493. The molecule has 150 valence electrons. The fraction of sp³-hybridized carbons (Fsp3) is 0.238. The minimum atomic E-state index is -0.255. The molecule has 8 heteroatoms. The number of aromatic nitrogens is 3. The van der Waals surface area contributed by atoms with Gasteiger partial charge in [-0.1, -0.05) is 24.3 Å². The maximum Gasteiger partial charge on any atom is 0.258 e. The van der Waals surface area contributed by atoms with E-state index in [1.54, 1.807) is 29.2 Å². The van der Waals surface area contributed by atoms with Crippen molar-refractivity contribution in [3.05, 3.63) is 71.8 Å². The number of amides is 1. The molecule has 0 saturated heterocycles. The van der Waals surface area contributed by atoms with E-state index < -0.39 is 0 Å². The molecule has 3 aromatic rings. The lowest BCUT2D eigenvalue weighted by atomic mass is 10.1. The van der Waals surface area contributed by atoms with Gasteiger partial charge in [0.1, 0.15) is 12.7 Å². The van der Waals surface area contributed by atoms with Crippen molar-refractivity contribution in [3.63, 3.8) is 0 Å². The normalized spacial score (nSPS) is 10.4. The van der Waals surface area contributed by atoms with Crippen molar-refractivity contribution in [3.8, 4) is 11.5 Å². The summed E-state index contributed by atoms with van der Waals surface area (Å²) < 4.78 is 12.5. The molecule has 1 aromatic heterocycles. The van der Waals surface area contributed by atoms with Gasteiger partial charge < -0.3 is 14.8 Å². The van der Waals surface area contributed by atoms with Gasteiger partial charge in [-0.05, 0) is 36.2 Å². The van der Waals surface area contributed by atoms with E-state index >= 15 is 0 Å². The van der Waals surface area contributed by atoms with Gasteiger partial charge in [-0.2, -0.15) is 5.10 Å². The number of ether oxygens (including phenoxy) is 2. The van der Waals surface area contributed by atoms with Crippen LogP contribution in [0.1, 0.15) is 28.4 Å². The summed E-state index contributed by atoms with van der Waals surface area (Å²) in [6.07, 6.45) is 3.16. The smallest absolute Gasteiger partial charge is 0.258 e. The molecule has 0 unspecified atom stereocenters. The van der Waals surface area contributed by atoms with Crippen LogP contribution in [0, 0.1) is 0 Å². The Bertz CT molecular complexity index is 969. The van der Waals surface area contributed by atoms with E-state index in [-0.39, 0.29) is 18.3 Å². The predicted molar refractivity (Wildman–Crippen MR) is 106 cm³/mol. The van der Waals surface area contributed by atoms with Gasteiger partial charge in [-0.3, -0.25) is 9.59 Å². The predicted octanol–water partition coefficient (Wildman–Crippen LogP) is 2.23. The molecule has 3 rings (SSSR count). The number of carbonyl (C=O) groups is 2. The van der Waals surface area contributed by atoms with Crippen LogP contribution < -0.4 is 14.8 Å². The van der Waals surface area contributed by atoms with E-state index in [1.807, 2.05) is 24.3 Å². The molecular weight excluding hydrogens is 372 g/mol. The van der Waals surface area contributed by atoms with Crippen molar-refractivity contribution < 1.29 is 19.1 Å². The van der Waals surface area contributed by atoms with Crippen LogP contribution in [0.5, 0.6) is 11.5 Å². The Morgan fingerprint density at radius 3 is 2.48 bits per heavy atom. The molecule has 0 saturated carbocycles. The van der Waals surface area contributed by atoms with Crippen LogP contribution >= 0.6 is 0 Å². The number of Topliss-reactive ketones (excluding diaryl/α,β-unsaturated/α-hetero) is 1. The number of rotatable bonds is 9. The van der Waals surface area contributed by atoms with Crippen molar-refractivity contribution >= 4 is 11.7 Å². The summed E-state index contributed by atoms with van der Waals surface area (Å²) in [4.78, 5) is 27.5. The third-order valence-electron chi connectivity index (χ3n) is 4.25. The Balaban J connectivity index is 1.48. The first-order valence-corrected chi connectivity index (χ1v) is 9.04. The number of benzene rings is 2. The standard InChI is InChI=1S/C21H22N4O4/c1-15(26)18-7-8-19(20(9-18)28-2)29-12-21(27)23-10-16-3-5-17(6-4-16)11-25-14-22-13-24-25/h3-9,13-14H,10-12H2,1-2H3,(H,23,27). The fourth-order valence-corrected chi connectivity index (χ4v) is 2.66. The summed E-state index contributed by atoms with van der Waals surface area (Å²) >= 11 is 0. The topological polar surface area (TPSA) is 95.3 Å². The van der Waals surface area contributed by atoms with E-state index in [9.17, 15) is 9.59 Å². The molecule has 2 aromatic carbocycles. The Kier molecular flexibility index (Phi) is 6.57. The zero-order valence-corrected chi connectivity index (χ0v) is 16.3. The molecule has 0 aliphatic carbocycles. The van der Waals surface area contributed by atoms with Crippen LogP contribution in [-0.2, 0) is 17.9 Å². The highest BCUT2D eigenvalue weighted by Crippen LogP contribution is 2.28. The quantitative estimate of drug-likeness (QED) is 0.559. The average molecular weight is 394 g/mol. The Morgan fingerprint density at radius 2 is 1.83 bits per heavy atom. The molecule has 8 nitrogen and oxygen atoms in total. The van der Waals surface area contributed by atoms with Gasteiger partial charge in [-0.25, -0.2) is 9.67 Å². The molecule has 1 heterocycles. The van der Waals surface area contributed by atoms with Crippen LogP contribution in [0.25, 0.3) is 0 Å². The number of hydrogen-bond acceptors (Lipinski definition) is 6. The molecule has 1 N–H and O–H groups in total. The zero-order valence-electron chi connectivity index (χ0n) is 16.3. The van der Waals surface area contributed by atoms with Gasteiger partial charge in [0.05, 0.1) is 13.7 Å². The molecule has 0 radical (unpaired) electrons. The monoisotopic (exact) mass is 394 g/mol. The summed E-state index contributed by atoms with van der Waals surface area (Å²) in [5, 5.41) is 6.89. The molecule has 29 heavy (non-hydrogen) atoms. The van der Waals surface area contributed by atoms with E-state index in [4.69, 9.17) is 9.47 Å². The first-order chi connectivity index (χ1) is 14.0. The van der Waals surface area contributed by atoms with Crippen LogP contribution in [-0.4, -0.2) is 40.2 Å². The van der Waals surface area contributed by atoms with Crippen molar-refractivity contribution in [1.29, 1.82) is 0 Å². The lowest BCUT2D eigenvalue weighted by Gasteiger charge is -2.12. The number of ketones is 1. The maximum absolute atomic E-state index is 12.1. The van der Waals surface area contributed by atoms with E-state index in [0.29, 0.717) is 30.2 Å². The second-order valence-electron chi connectivity index (χ2n) is 6.40. The summed E-state index contributed by atoms with van der Waals surface area (Å²) in [6, 6.07) is 12.7.